The number of carbonyl (C=O) groups excluding carboxylic acids is 3. The number of benzene rings is 2. The van der Waals surface area contributed by atoms with Crippen LogP contribution < -0.4 is 9.80 Å². The number of para-hydroxylation sites is 2. The molecule has 6 atom stereocenters. The molecule has 6 rings (SSSR count). The van der Waals surface area contributed by atoms with Crippen LogP contribution in [-0.2, 0) is 19.1 Å². The van der Waals surface area contributed by atoms with Crippen LogP contribution in [0, 0.1) is 31.6 Å². The normalized spacial score (nSPS) is 29.9. The standard InChI is InChI=1S/C33H37N3O5/c1-20(2)24(19-37)36-29-32(40)35(28-21(3)11-8-12-22(28)4)18-10-16-33(29)27(31(36)39)26-25(41-33)15-9-17-34(30(26)38)23-13-6-5-7-14-23/h5-16,20,24-27,29,37H,17-19H2,1-4H3/t24-,25+,26-,27-,29?,33-/m0/s1. The van der Waals surface area contributed by atoms with Gasteiger partial charge in [0.1, 0.15) is 11.6 Å². The van der Waals surface area contributed by atoms with Crippen LogP contribution in [0.2, 0.25) is 0 Å². The van der Waals surface area contributed by atoms with Gasteiger partial charge in [0.05, 0.1) is 30.6 Å². The first kappa shape index (κ1) is 27.4. The van der Waals surface area contributed by atoms with E-state index in [2.05, 4.69) is 0 Å². The van der Waals surface area contributed by atoms with E-state index < -0.39 is 35.6 Å². The van der Waals surface area contributed by atoms with Gasteiger partial charge in [0.2, 0.25) is 11.8 Å². The molecule has 41 heavy (non-hydrogen) atoms. The van der Waals surface area contributed by atoms with Crippen molar-refractivity contribution in [2.24, 2.45) is 17.8 Å². The Balaban J connectivity index is 1.50. The van der Waals surface area contributed by atoms with Crippen molar-refractivity contribution in [3.8, 4) is 0 Å². The summed E-state index contributed by atoms with van der Waals surface area (Å²) < 4.78 is 6.77. The molecule has 3 amide bonds. The molecule has 4 aliphatic rings. The molecule has 8 nitrogen and oxygen atoms in total. The number of carbonyl (C=O) groups is 3. The van der Waals surface area contributed by atoms with Crippen LogP contribution >= 0.6 is 0 Å². The minimum absolute atomic E-state index is 0.130. The molecule has 2 saturated heterocycles. The van der Waals surface area contributed by atoms with Gasteiger partial charge in [0.15, 0.2) is 0 Å². The van der Waals surface area contributed by atoms with Crippen molar-refractivity contribution in [3.05, 3.63) is 84.0 Å². The quantitative estimate of drug-likeness (QED) is 0.572. The van der Waals surface area contributed by atoms with Gasteiger partial charge in [0, 0.05) is 24.5 Å². The Morgan fingerprint density at radius 3 is 2.24 bits per heavy atom. The third-order valence-electron chi connectivity index (χ3n) is 9.19. The fraction of sp³-hybridized carbons (Fsp3) is 0.424. The highest BCUT2D eigenvalue weighted by Gasteiger charge is 2.72. The van der Waals surface area contributed by atoms with Gasteiger partial charge >= 0.3 is 0 Å². The fourth-order valence-electron chi connectivity index (χ4n) is 7.33. The summed E-state index contributed by atoms with van der Waals surface area (Å²) in [5, 5.41) is 10.5. The zero-order valence-corrected chi connectivity index (χ0v) is 23.9. The van der Waals surface area contributed by atoms with Crippen molar-refractivity contribution in [1.29, 1.82) is 0 Å². The van der Waals surface area contributed by atoms with Crippen LogP contribution in [-0.4, -0.2) is 71.2 Å². The van der Waals surface area contributed by atoms with Crippen molar-refractivity contribution in [2.45, 2.75) is 51.5 Å². The Morgan fingerprint density at radius 2 is 1.59 bits per heavy atom. The van der Waals surface area contributed by atoms with Crippen molar-refractivity contribution < 1.29 is 24.2 Å². The minimum Gasteiger partial charge on any atom is -0.394 e. The summed E-state index contributed by atoms with van der Waals surface area (Å²) in [5.41, 5.74) is 2.10. The number of hydrogen-bond acceptors (Lipinski definition) is 5. The van der Waals surface area contributed by atoms with E-state index in [1.807, 2.05) is 101 Å². The average Bonchev–Trinajstić information content (AvgIpc) is 3.26. The number of hydrogen-bond donors (Lipinski definition) is 1. The molecule has 4 heterocycles. The van der Waals surface area contributed by atoms with Gasteiger partial charge in [-0.05, 0) is 43.0 Å². The Morgan fingerprint density at radius 1 is 0.902 bits per heavy atom. The number of aryl methyl sites for hydroxylation is 2. The first-order valence-electron chi connectivity index (χ1n) is 14.4. The Hall–Kier alpha value is -3.75. The summed E-state index contributed by atoms with van der Waals surface area (Å²) >= 11 is 0. The zero-order valence-electron chi connectivity index (χ0n) is 23.9. The highest BCUT2D eigenvalue weighted by Crippen LogP contribution is 2.54. The first-order chi connectivity index (χ1) is 19.7. The van der Waals surface area contributed by atoms with E-state index in [9.17, 15) is 19.5 Å². The summed E-state index contributed by atoms with van der Waals surface area (Å²) in [5.74, 6) is -2.66. The van der Waals surface area contributed by atoms with E-state index in [0.717, 1.165) is 22.5 Å². The van der Waals surface area contributed by atoms with Gasteiger partial charge < -0.3 is 24.5 Å². The molecule has 1 N–H and O–H groups in total. The molecule has 0 aliphatic carbocycles. The molecule has 8 heteroatoms. The number of amides is 3. The SMILES string of the molecule is Cc1cccc(C)c1N1CC=C[C@]23O[C@@H]4C=CCN(c5ccccc5)C(=O)[C@@H]4[C@H]2C(=O)N([C@@H](CO)C(C)C)C3C1=O. The number of aliphatic hydroxyl groups excluding tert-OH is 1. The molecule has 4 aliphatic heterocycles. The van der Waals surface area contributed by atoms with E-state index in [0.29, 0.717) is 13.1 Å². The molecule has 1 unspecified atom stereocenters. The first-order valence-corrected chi connectivity index (χ1v) is 14.4. The molecule has 0 saturated carbocycles. The van der Waals surface area contributed by atoms with E-state index in [1.165, 1.54) is 0 Å². The van der Waals surface area contributed by atoms with Crippen molar-refractivity contribution >= 4 is 29.1 Å². The summed E-state index contributed by atoms with van der Waals surface area (Å²) in [7, 11) is 0. The van der Waals surface area contributed by atoms with Gasteiger partial charge in [-0.3, -0.25) is 14.4 Å². The van der Waals surface area contributed by atoms with E-state index in [4.69, 9.17) is 4.74 Å². The summed E-state index contributed by atoms with van der Waals surface area (Å²) in [6.07, 6.45) is 6.85. The van der Waals surface area contributed by atoms with E-state index >= 15 is 0 Å². The Kier molecular flexibility index (Phi) is 6.86. The number of fused-ring (bicyclic) bond motifs is 2. The number of ether oxygens (including phenoxy) is 1. The molecule has 1 spiro atoms. The van der Waals surface area contributed by atoms with Crippen LogP contribution in [0.25, 0.3) is 0 Å². The average molecular weight is 556 g/mol. The lowest BCUT2D eigenvalue weighted by atomic mass is 9.77. The lowest BCUT2D eigenvalue weighted by Crippen LogP contribution is -2.59. The lowest BCUT2D eigenvalue weighted by molar-refractivity contribution is -0.145. The monoisotopic (exact) mass is 555 g/mol. The maximum absolute atomic E-state index is 14.7. The Bertz CT molecular complexity index is 1420. The van der Waals surface area contributed by atoms with Gasteiger partial charge in [-0.2, -0.15) is 0 Å². The highest BCUT2D eigenvalue weighted by molar-refractivity contribution is 6.08. The van der Waals surface area contributed by atoms with Gasteiger partial charge in [-0.1, -0.05) is 74.5 Å². The molecule has 2 fully saturated rings. The smallest absolute Gasteiger partial charge is 0.253 e. The second-order valence-corrected chi connectivity index (χ2v) is 11.9. The topological polar surface area (TPSA) is 90.4 Å². The predicted molar refractivity (Wildman–Crippen MR) is 156 cm³/mol. The molecule has 2 aromatic carbocycles. The van der Waals surface area contributed by atoms with E-state index in [-0.39, 0.29) is 30.2 Å². The zero-order chi connectivity index (χ0) is 29.1. The second-order valence-electron chi connectivity index (χ2n) is 11.9. The van der Waals surface area contributed by atoms with Gasteiger partial charge in [-0.15, -0.1) is 0 Å². The molecule has 214 valence electrons. The lowest BCUT2D eigenvalue weighted by Gasteiger charge is -2.40. The summed E-state index contributed by atoms with van der Waals surface area (Å²) in [6.45, 7) is 8.15. The molecular weight excluding hydrogens is 518 g/mol. The number of aliphatic hydroxyl groups is 1. The fourth-order valence-corrected chi connectivity index (χ4v) is 7.33. The molecule has 0 radical (unpaired) electrons. The Labute approximate surface area is 240 Å². The second kappa shape index (κ2) is 10.3. The van der Waals surface area contributed by atoms with Gasteiger partial charge in [0.25, 0.3) is 5.91 Å². The number of nitrogens with zero attached hydrogens (tertiary/aromatic N) is 3. The maximum atomic E-state index is 14.7. The predicted octanol–water partition coefficient (Wildman–Crippen LogP) is 3.41. The highest BCUT2D eigenvalue weighted by atomic mass is 16.5. The molecule has 2 aromatic rings. The van der Waals surface area contributed by atoms with Crippen molar-refractivity contribution in [1.82, 2.24) is 4.90 Å². The molecule has 0 bridgehead atoms. The number of anilines is 2. The minimum atomic E-state index is -1.35. The molecule has 0 aromatic heterocycles. The van der Waals surface area contributed by atoms with Crippen LogP contribution in [0.3, 0.4) is 0 Å². The number of rotatable bonds is 5. The largest absolute Gasteiger partial charge is 0.394 e. The van der Waals surface area contributed by atoms with Crippen LogP contribution in [0.1, 0.15) is 25.0 Å². The maximum Gasteiger partial charge on any atom is 0.253 e. The van der Waals surface area contributed by atoms with Crippen LogP contribution in [0.5, 0.6) is 0 Å². The van der Waals surface area contributed by atoms with Crippen LogP contribution in [0.4, 0.5) is 11.4 Å². The summed E-state index contributed by atoms with van der Waals surface area (Å²) in [4.78, 5) is 48.5. The van der Waals surface area contributed by atoms with E-state index in [1.54, 1.807) is 14.7 Å². The van der Waals surface area contributed by atoms with Crippen molar-refractivity contribution in [2.75, 3.05) is 29.5 Å². The molecular formula is C33H37N3O5. The third kappa shape index (κ3) is 4.07. The number of likely N-dealkylation sites (tertiary alicyclic amines) is 1. The van der Waals surface area contributed by atoms with Crippen molar-refractivity contribution in [3.63, 3.8) is 0 Å². The van der Waals surface area contributed by atoms with Crippen LogP contribution in [0.15, 0.2) is 72.8 Å². The third-order valence-corrected chi connectivity index (χ3v) is 9.19. The summed E-state index contributed by atoms with van der Waals surface area (Å²) in [6, 6.07) is 13.7. The van der Waals surface area contributed by atoms with Gasteiger partial charge in [-0.25, -0.2) is 0 Å².